The van der Waals surface area contributed by atoms with Crippen LogP contribution in [0.4, 0.5) is 5.82 Å². The zero-order valence-corrected chi connectivity index (χ0v) is 18.9. The minimum Gasteiger partial charge on any atom is -0.435 e. The first kappa shape index (κ1) is 20.3. The van der Waals surface area contributed by atoms with Crippen LogP contribution in [0.1, 0.15) is 37.7 Å². The molecule has 1 aromatic heterocycles. The molecule has 1 heterocycles. The standard InChI is InChI=1S/C23H24N3.Y/c1-17-20-11-7-6-10-19(20)12-13-21(17)22-14-23(25-16-26(22)2)24-15-18-8-4-3-5-9-18;/h6-7,10-13,16,18H,3-5,8-9H2,1-2H3;/q-1;. The van der Waals surface area contributed by atoms with Crippen molar-refractivity contribution in [3.05, 3.63) is 54.4 Å². The van der Waals surface area contributed by atoms with Crippen LogP contribution in [0.3, 0.4) is 0 Å². The maximum atomic E-state index is 4.52. The Hall–Kier alpha value is -1.45. The Kier molecular flexibility index (Phi) is 6.89. The number of fused-ring (bicyclic) bond motifs is 1. The van der Waals surface area contributed by atoms with E-state index in [2.05, 4.69) is 65.6 Å². The van der Waals surface area contributed by atoms with Gasteiger partial charge in [0.2, 0.25) is 0 Å². The van der Waals surface area contributed by atoms with E-state index < -0.39 is 0 Å². The van der Waals surface area contributed by atoms with E-state index >= 15 is 0 Å². The normalized spacial score (nSPS) is 15.2. The molecule has 4 heteroatoms. The summed E-state index contributed by atoms with van der Waals surface area (Å²) in [4.78, 5) is 8.94. The maximum Gasteiger partial charge on any atom is 0.264 e. The van der Waals surface area contributed by atoms with Gasteiger partial charge in [0, 0.05) is 38.5 Å². The number of aromatic nitrogens is 2. The van der Waals surface area contributed by atoms with E-state index in [1.165, 1.54) is 54.0 Å². The predicted octanol–water partition coefficient (Wildman–Crippen LogP) is 4.99. The molecule has 0 bridgehead atoms. The molecule has 1 aliphatic rings. The summed E-state index contributed by atoms with van der Waals surface area (Å²) >= 11 is 0. The molecule has 135 valence electrons. The molecular weight excluding hydrogens is 407 g/mol. The fourth-order valence-electron chi connectivity index (χ4n) is 3.81. The van der Waals surface area contributed by atoms with Crippen LogP contribution >= 0.6 is 0 Å². The summed E-state index contributed by atoms with van der Waals surface area (Å²) in [6, 6.07) is 16.2. The van der Waals surface area contributed by atoms with Crippen LogP contribution in [0.25, 0.3) is 22.0 Å². The van der Waals surface area contributed by atoms with Crippen LogP contribution in [-0.2, 0) is 39.8 Å². The summed E-state index contributed by atoms with van der Waals surface area (Å²) in [5, 5.41) is 2.53. The zero-order chi connectivity index (χ0) is 17.9. The van der Waals surface area contributed by atoms with Crippen molar-refractivity contribution in [1.29, 1.82) is 0 Å². The van der Waals surface area contributed by atoms with Crippen LogP contribution in [-0.4, -0.2) is 11.2 Å². The molecule has 0 atom stereocenters. The SMILES string of the molecule is Cc1c(-c2[c-]c(N=[C-]C3CCCCC3)nc[n+]2C)ccc2ccccc12.[Y]. The number of aliphatic imine (C=N–C) groups is 1. The van der Waals surface area contributed by atoms with Gasteiger partial charge in [-0.2, -0.15) is 6.21 Å². The zero-order valence-electron chi connectivity index (χ0n) is 16.1. The predicted molar refractivity (Wildman–Crippen MR) is 106 cm³/mol. The Bertz CT molecular complexity index is 959. The van der Waals surface area contributed by atoms with E-state index in [9.17, 15) is 0 Å². The van der Waals surface area contributed by atoms with Crippen LogP contribution in [0.5, 0.6) is 0 Å². The fraction of sp³-hybridized carbons (Fsp3) is 0.348. The van der Waals surface area contributed by atoms with Gasteiger partial charge in [-0.1, -0.05) is 75.3 Å². The molecule has 1 fully saturated rings. The maximum absolute atomic E-state index is 4.52. The van der Waals surface area contributed by atoms with E-state index in [0.29, 0.717) is 11.7 Å². The fourth-order valence-corrected chi connectivity index (χ4v) is 3.81. The first-order valence-corrected chi connectivity index (χ1v) is 9.45. The van der Waals surface area contributed by atoms with Gasteiger partial charge in [-0.25, -0.2) is 6.07 Å². The second-order valence-corrected chi connectivity index (χ2v) is 7.19. The van der Waals surface area contributed by atoms with Gasteiger partial charge < -0.3 is 4.99 Å². The van der Waals surface area contributed by atoms with Crippen molar-refractivity contribution < 1.29 is 37.3 Å². The minimum atomic E-state index is 0. The van der Waals surface area contributed by atoms with Crippen LogP contribution < -0.4 is 4.57 Å². The van der Waals surface area contributed by atoms with Crippen molar-refractivity contribution in [3.63, 3.8) is 0 Å². The molecule has 0 spiro atoms. The molecule has 3 nitrogen and oxygen atoms in total. The van der Waals surface area contributed by atoms with Gasteiger partial charge in [0.25, 0.3) is 6.33 Å². The molecule has 0 aliphatic heterocycles. The van der Waals surface area contributed by atoms with Crippen molar-refractivity contribution in [1.82, 2.24) is 4.98 Å². The molecule has 1 radical (unpaired) electrons. The van der Waals surface area contributed by atoms with E-state index in [1.807, 2.05) is 17.9 Å². The molecular formula is C23H24N3Y-. The summed E-state index contributed by atoms with van der Waals surface area (Å²) < 4.78 is 2.01. The van der Waals surface area contributed by atoms with Gasteiger partial charge in [-0.3, -0.25) is 4.57 Å². The molecule has 3 aromatic rings. The topological polar surface area (TPSA) is 29.1 Å². The number of aryl methyl sites for hydroxylation is 2. The largest absolute Gasteiger partial charge is 0.435 e. The van der Waals surface area contributed by atoms with Crippen molar-refractivity contribution in [2.24, 2.45) is 18.0 Å². The molecule has 1 saturated carbocycles. The summed E-state index contributed by atoms with van der Waals surface area (Å²) in [6.07, 6.45) is 11.4. The van der Waals surface area contributed by atoms with Crippen LogP contribution in [0, 0.1) is 18.9 Å². The average Bonchev–Trinajstić information content (AvgIpc) is 2.69. The number of hydrogen-bond donors (Lipinski definition) is 0. The van der Waals surface area contributed by atoms with Gasteiger partial charge >= 0.3 is 0 Å². The smallest absolute Gasteiger partial charge is 0.264 e. The Labute approximate surface area is 186 Å². The Balaban J connectivity index is 0.00000210. The Morgan fingerprint density at radius 3 is 2.70 bits per heavy atom. The minimum absolute atomic E-state index is 0. The van der Waals surface area contributed by atoms with Crippen molar-refractivity contribution in [2.75, 3.05) is 0 Å². The first-order chi connectivity index (χ1) is 12.7. The summed E-state index contributed by atoms with van der Waals surface area (Å²) in [6.45, 7) is 2.17. The molecule has 0 saturated heterocycles. The Morgan fingerprint density at radius 2 is 1.89 bits per heavy atom. The summed E-state index contributed by atoms with van der Waals surface area (Å²) in [7, 11) is 2.01. The van der Waals surface area contributed by atoms with Crippen LogP contribution in [0.15, 0.2) is 47.7 Å². The molecule has 1 aliphatic carbocycles. The number of benzene rings is 2. The van der Waals surface area contributed by atoms with E-state index in [-0.39, 0.29) is 32.7 Å². The third-order valence-corrected chi connectivity index (χ3v) is 5.35. The monoisotopic (exact) mass is 431 g/mol. The first-order valence-electron chi connectivity index (χ1n) is 9.45. The summed E-state index contributed by atoms with van der Waals surface area (Å²) in [5.41, 5.74) is 3.43. The number of rotatable bonds is 3. The number of hydrogen-bond acceptors (Lipinski definition) is 2. The quantitative estimate of drug-likeness (QED) is 0.326. The Morgan fingerprint density at radius 1 is 1.11 bits per heavy atom. The van der Waals surface area contributed by atoms with E-state index in [4.69, 9.17) is 0 Å². The van der Waals surface area contributed by atoms with Gasteiger partial charge in [0.05, 0.1) is 7.05 Å². The molecule has 4 rings (SSSR count). The second kappa shape index (κ2) is 9.16. The second-order valence-electron chi connectivity index (χ2n) is 7.19. The van der Waals surface area contributed by atoms with Gasteiger partial charge in [-0.05, 0) is 16.5 Å². The molecule has 27 heavy (non-hydrogen) atoms. The van der Waals surface area contributed by atoms with Gasteiger partial charge in [-0.15, -0.1) is 22.2 Å². The van der Waals surface area contributed by atoms with E-state index in [1.54, 1.807) is 0 Å². The van der Waals surface area contributed by atoms with E-state index in [0.717, 1.165) is 5.69 Å². The molecule has 0 unspecified atom stereocenters. The van der Waals surface area contributed by atoms with Gasteiger partial charge in [0.15, 0.2) is 0 Å². The summed E-state index contributed by atoms with van der Waals surface area (Å²) in [5.74, 6) is 1.09. The van der Waals surface area contributed by atoms with Crippen LogP contribution in [0.2, 0.25) is 0 Å². The van der Waals surface area contributed by atoms with Gasteiger partial charge in [0.1, 0.15) is 0 Å². The average molecular weight is 431 g/mol. The third kappa shape index (κ3) is 4.52. The molecule has 2 aromatic carbocycles. The number of nitrogens with zero attached hydrogens (tertiary/aromatic N) is 3. The molecule has 0 N–H and O–H groups in total. The van der Waals surface area contributed by atoms with Crippen molar-refractivity contribution in [2.45, 2.75) is 39.0 Å². The van der Waals surface area contributed by atoms with Crippen molar-refractivity contribution in [3.8, 4) is 11.3 Å². The molecule has 0 amide bonds. The van der Waals surface area contributed by atoms with Crippen molar-refractivity contribution >= 4 is 22.8 Å². The third-order valence-electron chi connectivity index (χ3n) is 5.35.